The van der Waals surface area contributed by atoms with E-state index in [-0.39, 0.29) is 17.8 Å². The molecule has 0 spiro atoms. The third kappa shape index (κ3) is 2.61. The number of hydrogen-bond donors (Lipinski definition) is 0. The molecule has 0 aliphatic heterocycles. The lowest BCUT2D eigenvalue weighted by Gasteiger charge is -2.06. The molecule has 0 amide bonds. The van der Waals surface area contributed by atoms with E-state index in [1.54, 1.807) is 30.8 Å². The lowest BCUT2D eigenvalue weighted by atomic mass is 10.0. The van der Waals surface area contributed by atoms with E-state index in [9.17, 15) is 9.18 Å². The van der Waals surface area contributed by atoms with Crippen LogP contribution in [0.1, 0.15) is 27.3 Å². The molecule has 1 aromatic heterocycles. The van der Waals surface area contributed by atoms with Gasteiger partial charge in [-0.15, -0.1) is 0 Å². The van der Waals surface area contributed by atoms with Crippen LogP contribution in [-0.2, 0) is 13.5 Å². The smallest absolute Gasteiger partial charge is 0.171 e. The summed E-state index contributed by atoms with van der Waals surface area (Å²) < 4.78 is 16.4. The number of carbonyl (C=O) groups excluding carboxylic acids is 1. The number of aromatic nitrogens is 2. The van der Waals surface area contributed by atoms with Crippen molar-refractivity contribution in [1.29, 1.82) is 0 Å². The molecule has 1 heterocycles. The maximum atomic E-state index is 13.9. The van der Waals surface area contributed by atoms with E-state index in [0.29, 0.717) is 5.56 Å². The number of halogens is 2. The fourth-order valence-electron chi connectivity index (χ4n) is 1.98. The van der Waals surface area contributed by atoms with Gasteiger partial charge >= 0.3 is 0 Å². The average molecular weight is 325 g/mol. The molecule has 0 aliphatic rings. The number of Topliss-reactive ketones (excluding diaryl/α,β-unsaturated/α-hetero) is 1. The molecule has 5 heteroatoms. The standard InChI is InChI=1S/C14H14BrFN2O/c1-8-5-4-6-10(14(8)16)12(19)7-11-13(15)9(2)17-18(11)3/h4-6H,7H2,1-3H3. The maximum absolute atomic E-state index is 13.9. The maximum Gasteiger partial charge on any atom is 0.171 e. The van der Waals surface area contributed by atoms with Gasteiger partial charge in [-0.3, -0.25) is 9.48 Å². The monoisotopic (exact) mass is 324 g/mol. The van der Waals surface area contributed by atoms with Crippen LogP contribution in [0.15, 0.2) is 22.7 Å². The second-order valence-electron chi connectivity index (χ2n) is 4.51. The van der Waals surface area contributed by atoms with Crippen molar-refractivity contribution in [3.8, 4) is 0 Å². The Morgan fingerprint density at radius 2 is 2.11 bits per heavy atom. The Balaban J connectivity index is 2.34. The van der Waals surface area contributed by atoms with Gasteiger partial charge in [0, 0.05) is 7.05 Å². The van der Waals surface area contributed by atoms with E-state index in [1.807, 2.05) is 6.92 Å². The number of benzene rings is 1. The van der Waals surface area contributed by atoms with Crippen LogP contribution < -0.4 is 0 Å². The predicted molar refractivity (Wildman–Crippen MR) is 74.8 cm³/mol. The highest BCUT2D eigenvalue weighted by Gasteiger charge is 2.18. The van der Waals surface area contributed by atoms with Crippen molar-refractivity contribution >= 4 is 21.7 Å². The molecule has 1 aromatic carbocycles. The molecule has 0 N–H and O–H groups in total. The van der Waals surface area contributed by atoms with Crippen molar-refractivity contribution in [2.24, 2.45) is 7.05 Å². The lowest BCUT2D eigenvalue weighted by Crippen LogP contribution is -2.10. The fourth-order valence-corrected chi connectivity index (χ4v) is 2.46. The Hall–Kier alpha value is -1.49. The molecule has 100 valence electrons. The highest BCUT2D eigenvalue weighted by Crippen LogP contribution is 2.22. The van der Waals surface area contributed by atoms with Crippen molar-refractivity contribution < 1.29 is 9.18 Å². The zero-order chi connectivity index (χ0) is 14.2. The van der Waals surface area contributed by atoms with Crippen molar-refractivity contribution in [2.45, 2.75) is 20.3 Å². The van der Waals surface area contributed by atoms with Crippen molar-refractivity contribution in [1.82, 2.24) is 9.78 Å². The van der Waals surface area contributed by atoms with Gasteiger partial charge in [-0.05, 0) is 41.4 Å². The fraction of sp³-hybridized carbons (Fsp3) is 0.286. The molecule has 0 atom stereocenters. The van der Waals surface area contributed by atoms with Crippen LogP contribution in [0.25, 0.3) is 0 Å². The molecule has 0 fully saturated rings. The quantitative estimate of drug-likeness (QED) is 0.811. The summed E-state index contributed by atoms with van der Waals surface area (Å²) in [7, 11) is 1.77. The Bertz CT molecular complexity index is 649. The number of carbonyl (C=O) groups is 1. The molecule has 0 radical (unpaired) electrons. The van der Waals surface area contributed by atoms with Crippen LogP contribution in [0.5, 0.6) is 0 Å². The van der Waals surface area contributed by atoms with Crippen molar-refractivity contribution in [2.75, 3.05) is 0 Å². The molecule has 0 aliphatic carbocycles. The number of hydrogen-bond acceptors (Lipinski definition) is 2. The van der Waals surface area contributed by atoms with Gasteiger partial charge in [0.2, 0.25) is 0 Å². The topological polar surface area (TPSA) is 34.9 Å². The minimum atomic E-state index is -0.442. The zero-order valence-corrected chi connectivity index (χ0v) is 12.6. The Labute approximate surface area is 119 Å². The highest BCUT2D eigenvalue weighted by atomic mass is 79.9. The largest absolute Gasteiger partial charge is 0.294 e. The van der Waals surface area contributed by atoms with Gasteiger partial charge in [0.25, 0.3) is 0 Å². The third-order valence-corrected chi connectivity index (χ3v) is 4.11. The summed E-state index contributed by atoms with van der Waals surface area (Å²) in [4.78, 5) is 12.2. The first-order valence-electron chi connectivity index (χ1n) is 5.88. The summed E-state index contributed by atoms with van der Waals surface area (Å²) in [5.74, 6) is -0.688. The summed E-state index contributed by atoms with van der Waals surface area (Å²) in [6.45, 7) is 3.50. The zero-order valence-electron chi connectivity index (χ0n) is 11.0. The Morgan fingerprint density at radius 3 is 2.68 bits per heavy atom. The normalized spacial score (nSPS) is 10.8. The summed E-state index contributed by atoms with van der Waals surface area (Å²) >= 11 is 3.41. The first-order valence-corrected chi connectivity index (χ1v) is 6.67. The predicted octanol–water partition coefficient (Wildman–Crippen LogP) is 3.36. The first-order chi connectivity index (χ1) is 8.91. The molecule has 3 nitrogen and oxygen atoms in total. The molecule has 0 saturated carbocycles. The summed E-state index contributed by atoms with van der Waals surface area (Å²) in [6, 6.07) is 4.85. The molecular formula is C14H14BrFN2O. The number of nitrogens with zero attached hydrogens (tertiary/aromatic N) is 2. The van der Waals surface area contributed by atoms with E-state index >= 15 is 0 Å². The minimum Gasteiger partial charge on any atom is -0.294 e. The van der Waals surface area contributed by atoms with Gasteiger partial charge in [0.05, 0.1) is 27.8 Å². The van der Waals surface area contributed by atoms with Crippen LogP contribution in [-0.4, -0.2) is 15.6 Å². The molecule has 2 aromatic rings. The molecule has 19 heavy (non-hydrogen) atoms. The van der Waals surface area contributed by atoms with E-state index in [1.165, 1.54) is 6.07 Å². The Morgan fingerprint density at radius 1 is 1.42 bits per heavy atom. The molecule has 0 saturated heterocycles. The average Bonchev–Trinajstić information content (AvgIpc) is 2.59. The van der Waals surface area contributed by atoms with Gasteiger partial charge in [-0.25, -0.2) is 4.39 Å². The van der Waals surface area contributed by atoms with Gasteiger partial charge < -0.3 is 0 Å². The van der Waals surface area contributed by atoms with Crippen LogP contribution in [0.2, 0.25) is 0 Å². The summed E-state index contributed by atoms with van der Waals surface area (Å²) in [6.07, 6.45) is 0.123. The molecule has 2 rings (SSSR count). The van der Waals surface area contributed by atoms with Crippen molar-refractivity contribution in [3.05, 3.63) is 51.0 Å². The minimum absolute atomic E-state index is 0.123. The SMILES string of the molecule is Cc1cccc(C(=O)Cc2c(Br)c(C)nn2C)c1F. The summed E-state index contributed by atoms with van der Waals surface area (Å²) in [5, 5.41) is 4.22. The first kappa shape index (κ1) is 13.9. The summed E-state index contributed by atoms with van der Waals surface area (Å²) in [5.41, 5.74) is 2.18. The second kappa shape index (κ2) is 5.25. The lowest BCUT2D eigenvalue weighted by molar-refractivity contribution is 0.0986. The molecular weight excluding hydrogens is 311 g/mol. The third-order valence-electron chi connectivity index (χ3n) is 3.08. The molecule has 0 bridgehead atoms. The van der Waals surface area contributed by atoms with Gasteiger partial charge in [0.15, 0.2) is 5.78 Å². The molecule has 0 unspecified atom stereocenters. The second-order valence-corrected chi connectivity index (χ2v) is 5.30. The number of ketones is 1. The van der Waals surface area contributed by atoms with Crippen LogP contribution >= 0.6 is 15.9 Å². The Kier molecular flexibility index (Phi) is 3.85. The van der Waals surface area contributed by atoms with E-state index in [4.69, 9.17) is 0 Å². The van der Waals surface area contributed by atoms with Crippen LogP contribution in [0, 0.1) is 19.7 Å². The van der Waals surface area contributed by atoms with Gasteiger partial charge in [-0.2, -0.15) is 5.10 Å². The van der Waals surface area contributed by atoms with Crippen molar-refractivity contribution in [3.63, 3.8) is 0 Å². The van der Waals surface area contributed by atoms with Gasteiger partial charge in [-0.1, -0.05) is 12.1 Å². The van der Waals surface area contributed by atoms with Gasteiger partial charge in [0.1, 0.15) is 5.82 Å². The van der Waals surface area contributed by atoms with Crippen LogP contribution in [0.3, 0.4) is 0 Å². The van der Waals surface area contributed by atoms with E-state index in [0.717, 1.165) is 15.9 Å². The van der Waals surface area contributed by atoms with Crippen LogP contribution in [0.4, 0.5) is 4.39 Å². The van der Waals surface area contributed by atoms with E-state index in [2.05, 4.69) is 21.0 Å². The highest BCUT2D eigenvalue weighted by molar-refractivity contribution is 9.10. The number of aryl methyl sites for hydroxylation is 3. The number of rotatable bonds is 3. The van der Waals surface area contributed by atoms with E-state index < -0.39 is 5.82 Å².